The minimum Gasteiger partial charge on any atom is -0.481 e. The van der Waals surface area contributed by atoms with Crippen molar-refractivity contribution in [2.75, 3.05) is 5.32 Å². The van der Waals surface area contributed by atoms with Crippen molar-refractivity contribution in [3.05, 3.63) is 46.9 Å². The van der Waals surface area contributed by atoms with Crippen LogP contribution in [0.3, 0.4) is 0 Å². The summed E-state index contributed by atoms with van der Waals surface area (Å²) in [6.07, 6.45) is 5.54. The summed E-state index contributed by atoms with van der Waals surface area (Å²) in [5, 5.41) is 23.4. The molecule has 3 unspecified atom stereocenters. The van der Waals surface area contributed by atoms with Gasteiger partial charge < -0.3 is 15.4 Å². The third-order valence-corrected chi connectivity index (χ3v) is 9.03. The number of benzene rings is 1. The number of aliphatic carboxylic acids is 1. The quantitative estimate of drug-likeness (QED) is 0.462. The molecule has 2 heterocycles. The molecule has 9 heteroatoms. The molecule has 5 fully saturated rings. The molecule has 3 aromatic rings. The Bertz CT molecular complexity index is 1480. The fourth-order valence-electron chi connectivity index (χ4n) is 7.37. The van der Waals surface area contributed by atoms with Crippen molar-refractivity contribution >= 4 is 22.7 Å². The van der Waals surface area contributed by atoms with Gasteiger partial charge in [-0.2, -0.15) is 5.26 Å². The van der Waals surface area contributed by atoms with Gasteiger partial charge in [-0.1, -0.05) is 0 Å². The van der Waals surface area contributed by atoms with Crippen LogP contribution in [-0.4, -0.2) is 27.1 Å². The van der Waals surface area contributed by atoms with Crippen molar-refractivity contribution < 1.29 is 23.1 Å². The largest absolute Gasteiger partial charge is 0.481 e. The Hall–Kier alpha value is -3.54. The highest BCUT2D eigenvalue weighted by Crippen LogP contribution is 2.74. The van der Waals surface area contributed by atoms with E-state index in [-0.39, 0.29) is 57.2 Å². The first kappa shape index (κ1) is 20.8. The predicted octanol–water partition coefficient (Wildman–Crippen LogP) is 5.31. The summed E-state index contributed by atoms with van der Waals surface area (Å²) in [5.74, 6) is -2.98. The van der Waals surface area contributed by atoms with Gasteiger partial charge in [-0.15, -0.1) is 0 Å². The molecule has 5 atom stereocenters. The van der Waals surface area contributed by atoms with Gasteiger partial charge in [0.2, 0.25) is 0 Å². The Morgan fingerprint density at radius 3 is 2.69 bits per heavy atom. The third kappa shape index (κ3) is 2.49. The van der Waals surface area contributed by atoms with Crippen molar-refractivity contribution in [3.8, 4) is 17.3 Å². The van der Waals surface area contributed by atoms with Gasteiger partial charge >= 0.3 is 5.97 Å². The molecule has 5 aliphatic carbocycles. The van der Waals surface area contributed by atoms with Gasteiger partial charge in [0.15, 0.2) is 11.6 Å². The van der Waals surface area contributed by atoms with Crippen LogP contribution in [-0.2, 0) is 4.79 Å². The second kappa shape index (κ2) is 6.78. The first-order valence-electron chi connectivity index (χ1n) is 12.0. The predicted molar refractivity (Wildman–Crippen MR) is 120 cm³/mol. The summed E-state index contributed by atoms with van der Waals surface area (Å²) in [5.41, 5.74) is -0.121. The van der Waals surface area contributed by atoms with Crippen molar-refractivity contribution in [2.24, 2.45) is 23.2 Å². The Balaban J connectivity index is 1.40. The smallest absolute Gasteiger partial charge is 0.312 e. The number of nitriles is 1. The molecule has 8 rings (SSSR count). The number of H-pyrrole nitrogens is 1. The Kier molecular flexibility index (Phi) is 4.03. The van der Waals surface area contributed by atoms with E-state index in [0.29, 0.717) is 5.56 Å². The number of aromatic nitrogens is 2. The topological polar surface area (TPSA) is 102 Å². The average Bonchev–Trinajstić information content (AvgIpc) is 3.57. The maximum atomic E-state index is 15.9. The lowest BCUT2D eigenvalue weighted by molar-refractivity contribution is -0.248. The number of rotatable bonds is 5. The molecule has 0 spiro atoms. The Labute approximate surface area is 198 Å². The van der Waals surface area contributed by atoms with Gasteiger partial charge in [-0.3, -0.25) is 4.79 Å². The van der Waals surface area contributed by atoms with E-state index in [0.717, 1.165) is 44.2 Å². The SMILES string of the molecule is N#Cc1c(-c2c[nH]c3c(F)cc(F)cc23)nc(N[C@H]2C3CCC4CC3[C@@]42C(=O)O)c(F)c1C1CC1. The molecule has 1 aromatic carbocycles. The summed E-state index contributed by atoms with van der Waals surface area (Å²) >= 11 is 0. The van der Waals surface area contributed by atoms with Crippen molar-refractivity contribution in [2.45, 2.75) is 44.1 Å². The van der Waals surface area contributed by atoms with Gasteiger partial charge in [0.05, 0.1) is 22.2 Å². The number of fused-ring (bicyclic) bond motifs is 2. The number of carboxylic acids is 1. The fourth-order valence-corrected chi connectivity index (χ4v) is 7.37. The van der Waals surface area contributed by atoms with Gasteiger partial charge in [-0.25, -0.2) is 18.2 Å². The first-order valence-corrected chi connectivity index (χ1v) is 12.0. The van der Waals surface area contributed by atoms with Crippen LogP contribution in [0.15, 0.2) is 18.3 Å². The number of aromatic amines is 1. The van der Waals surface area contributed by atoms with Crippen LogP contribution in [0.2, 0.25) is 0 Å². The summed E-state index contributed by atoms with van der Waals surface area (Å²) in [4.78, 5) is 19.6. The standard InChI is InChI=1S/C26H21F3N4O2/c27-12-6-14-16(9-31-22(14)18(28)7-12)21-15(8-30)19(10-1-2-10)20(29)24(32-21)33-23-13-4-3-11-5-17(13)26(11,23)25(34)35/h6-7,9-11,13,17,23,31H,1-5H2,(H,32,33)(H,34,35)/t11?,13?,17?,23-,26-/m0/s1. The summed E-state index contributed by atoms with van der Waals surface area (Å²) in [6.45, 7) is 0. The number of halogens is 3. The number of nitrogens with zero attached hydrogens (tertiary/aromatic N) is 2. The van der Waals surface area contributed by atoms with E-state index >= 15 is 4.39 Å². The van der Waals surface area contributed by atoms with E-state index in [1.807, 2.05) is 0 Å². The number of hydrogen-bond acceptors (Lipinski definition) is 4. The van der Waals surface area contributed by atoms with E-state index in [9.17, 15) is 23.9 Å². The van der Waals surface area contributed by atoms with Crippen LogP contribution in [0.4, 0.5) is 19.0 Å². The third-order valence-electron chi connectivity index (χ3n) is 9.03. The molecule has 35 heavy (non-hydrogen) atoms. The molecule has 0 aliphatic heterocycles. The van der Waals surface area contributed by atoms with Gasteiger partial charge in [0.25, 0.3) is 0 Å². The van der Waals surface area contributed by atoms with Crippen molar-refractivity contribution in [1.82, 2.24) is 9.97 Å². The van der Waals surface area contributed by atoms with Crippen molar-refractivity contribution in [1.29, 1.82) is 5.26 Å². The fraction of sp³-hybridized carbons (Fsp3) is 0.423. The van der Waals surface area contributed by atoms with Gasteiger partial charge in [0.1, 0.15) is 17.7 Å². The lowest BCUT2D eigenvalue weighted by atomic mass is 9.30. The molecule has 6 nitrogen and oxygen atoms in total. The van der Waals surface area contributed by atoms with E-state index in [1.54, 1.807) is 0 Å². The number of anilines is 1. The monoisotopic (exact) mass is 478 g/mol. The average molecular weight is 478 g/mol. The number of nitrogens with one attached hydrogen (secondary N) is 2. The lowest BCUT2D eigenvalue weighted by Crippen LogP contribution is -2.79. The molecule has 2 aromatic heterocycles. The zero-order valence-electron chi connectivity index (χ0n) is 18.5. The maximum absolute atomic E-state index is 15.9. The van der Waals surface area contributed by atoms with E-state index in [1.165, 1.54) is 6.20 Å². The molecule has 4 bridgehead atoms. The summed E-state index contributed by atoms with van der Waals surface area (Å²) < 4.78 is 44.3. The highest BCUT2D eigenvalue weighted by molar-refractivity contribution is 5.96. The van der Waals surface area contributed by atoms with Crippen LogP contribution in [0, 0.1) is 52.0 Å². The normalized spacial score (nSPS) is 30.3. The molecule has 3 N–H and O–H groups in total. The van der Waals surface area contributed by atoms with E-state index < -0.39 is 34.9 Å². The first-order chi connectivity index (χ1) is 16.9. The number of carboxylic acid groups (broad SMARTS) is 1. The second-order valence-electron chi connectivity index (χ2n) is 10.5. The van der Waals surface area contributed by atoms with Crippen molar-refractivity contribution in [3.63, 3.8) is 0 Å². The zero-order valence-corrected chi connectivity index (χ0v) is 18.5. The number of pyridine rings is 1. The van der Waals surface area contributed by atoms with Gasteiger partial charge in [-0.05, 0) is 61.8 Å². The minimum atomic E-state index is -0.905. The molecular formula is C26H21F3N4O2. The Morgan fingerprint density at radius 2 is 2.03 bits per heavy atom. The molecule has 178 valence electrons. The molecule has 5 aliphatic rings. The van der Waals surface area contributed by atoms with E-state index in [2.05, 4.69) is 21.4 Å². The van der Waals surface area contributed by atoms with Crippen LogP contribution in [0.1, 0.15) is 49.1 Å². The summed E-state index contributed by atoms with van der Waals surface area (Å²) in [7, 11) is 0. The highest BCUT2D eigenvalue weighted by atomic mass is 19.1. The molecule has 0 amide bonds. The lowest BCUT2D eigenvalue weighted by Gasteiger charge is -2.74. The highest BCUT2D eigenvalue weighted by Gasteiger charge is 2.78. The second-order valence-corrected chi connectivity index (χ2v) is 10.5. The molecule has 0 radical (unpaired) electrons. The Morgan fingerprint density at radius 1 is 1.23 bits per heavy atom. The van der Waals surface area contributed by atoms with Crippen LogP contribution >= 0.6 is 0 Å². The number of hydrogen-bond donors (Lipinski definition) is 3. The molecule has 5 saturated carbocycles. The van der Waals surface area contributed by atoms with E-state index in [4.69, 9.17) is 0 Å². The number of carbonyl (C=O) groups is 1. The molecular weight excluding hydrogens is 457 g/mol. The zero-order chi connectivity index (χ0) is 24.2. The van der Waals surface area contributed by atoms with Crippen LogP contribution in [0.5, 0.6) is 0 Å². The summed E-state index contributed by atoms with van der Waals surface area (Å²) in [6, 6.07) is 3.55. The maximum Gasteiger partial charge on any atom is 0.312 e. The van der Waals surface area contributed by atoms with Crippen LogP contribution < -0.4 is 5.32 Å². The minimum absolute atomic E-state index is 0.0470. The van der Waals surface area contributed by atoms with Crippen LogP contribution in [0.25, 0.3) is 22.2 Å². The molecule has 0 saturated heterocycles. The van der Waals surface area contributed by atoms with Gasteiger partial charge in [0, 0.05) is 34.8 Å².